The van der Waals surface area contributed by atoms with E-state index in [2.05, 4.69) is 9.71 Å². The maximum absolute atomic E-state index is 13.7. The molecule has 5 aromatic rings. The number of rotatable bonds is 5. The first-order valence-corrected chi connectivity index (χ1v) is 14.0. The molecule has 0 amide bonds. The highest BCUT2D eigenvalue weighted by molar-refractivity contribution is 7.92. The van der Waals surface area contributed by atoms with Crippen LogP contribution >= 0.6 is 0 Å². The van der Waals surface area contributed by atoms with Crippen LogP contribution < -0.4 is 4.72 Å². The number of nitrogens with one attached hydrogen (secondary N) is 1. The highest BCUT2D eigenvalue weighted by Crippen LogP contribution is 2.45. The maximum atomic E-state index is 13.7. The summed E-state index contributed by atoms with van der Waals surface area (Å²) in [5.41, 5.74) is 3.83. The fourth-order valence-electron chi connectivity index (χ4n) is 5.48. The summed E-state index contributed by atoms with van der Waals surface area (Å²) in [7, 11) is -2.12. The predicted molar refractivity (Wildman–Crippen MR) is 145 cm³/mol. The Labute approximate surface area is 228 Å². The van der Waals surface area contributed by atoms with E-state index < -0.39 is 27.7 Å². The Kier molecular flexibility index (Phi) is 6.18. The number of fused-ring (bicyclic) bond motifs is 2. The molecule has 0 spiro atoms. The van der Waals surface area contributed by atoms with E-state index in [1.54, 1.807) is 12.1 Å². The lowest BCUT2D eigenvalue weighted by atomic mass is 9.85. The van der Waals surface area contributed by atoms with E-state index in [1.165, 1.54) is 30.3 Å². The molecule has 1 aliphatic carbocycles. The van der Waals surface area contributed by atoms with Crippen molar-refractivity contribution in [3.8, 4) is 11.1 Å². The van der Waals surface area contributed by atoms with Gasteiger partial charge >= 0.3 is 6.18 Å². The quantitative estimate of drug-likeness (QED) is 0.180. The van der Waals surface area contributed by atoms with Crippen molar-refractivity contribution in [3.63, 3.8) is 0 Å². The number of alkyl halides is 3. The number of nitrogens with zero attached hydrogens (tertiary/aromatic N) is 2. The number of pyridine rings is 1. The van der Waals surface area contributed by atoms with Gasteiger partial charge in [0.1, 0.15) is 5.82 Å². The molecule has 1 N–H and O–H groups in total. The maximum Gasteiger partial charge on any atom is 0.416 e. The van der Waals surface area contributed by atoms with Gasteiger partial charge in [-0.15, -0.1) is 0 Å². The molecule has 0 bridgehead atoms. The van der Waals surface area contributed by atoms with Crippen LogP contribution in [-0.2, 0) is 29.7 Å². The average molecular weight is 566 g/mol. The number of hydrogen-bond donors (Lipinski definition) is 1. The van der Waals surface area contributed by atoms with Crippen LogP contribution in [-0.4, -0.2) is 18.0 Å². The van der Waals surface area contributed by atoms with Crippen LogP contribution in [0.25, 0.3) is 22.0 Å². The standard InChI is InChI=1S/C30H23F4N3O2S/c1-37-14-13-20-15-18(6-12-27(20)37)26-17-21(30(32,33)34)7-10-25(26)24-9-5-19-16-22(8-11-23(19)24)40(38,39)36-29-4-2-3-28(31)35-29/h2-4,6-8,10-17,24H,5,9H2,1H3,(H,35,36). The Bertz CT molecular complexity index is 1880. The fraction of sp³-hybridized carbons (Fsp3) is 0.167. The molecule has 5 nitrogen and oxygen atoms in total. The minimum absolute atomic E-state index is 0.000123. The Morgan fingerprint density at radius 1 is 0.950 bits per heavy atom. The van der Waals surface area contributed by atoms with Crippen LogP contribution in [0.2, 0.25) is 0 Å². The SMILES string of the molecule is Cn1ccc2cc(-c3cc(C(F)(F)F)ccc3C3CCc4cc(S(=O)(=O)Nc5cccc(F)n5)ccc43)ccc21. The van der Waals surface area contributed by atoms with Gasteiger partial charge in [-0.25, -0.2) is 13.4 Å². The topological polar surface area (TPSA) is 64.0 Å². The molecular weight excluding hydrogens is 542 g/mol. The first-order valence-electron chi connectivity index (χ1n) is 12.5. The Morgan fingerprint density at radius 3 is 2.52 bits per heavy atom. The lowest BCUT2D eigenvalue weighted by molar-refractivity contribution is -0.137. The summed E-state index contributed by atoms with van der Waals surface area (Å²) in [6.07, 6.45) is -1.42. The molecule has 0 saturated heterocycles. The zero-order chi connectivity index (χ0) is 28.2. The molecule has 0 radical (unpaired) electrons. The molecule has 0 saturated carbocycles. The van der Waals surface area contributed by atoms with Crippen molar-refractivity contribution >= 4 is 26.7 Å². The number of benzene rings is 3. The smallest absolute Gasteiger partial charge is 0.351 e. The molecule has 10 heteroatoms. The molecule has 2 aromatic heterocycles. The second-order valence-electron chi connectivity index (χ2n) is 9.90. The molecule has 1 atom stereocenters. The molecule has 1 unspecified atom stereocenters. The predicted octanol–water partition coefficient (Wildman–Crippen LogP) is 7.28. The van der Waals surface area contributed by atoms with Crippen molar-refractivity contribution in [2.45, 2.75) is 29.8 Å². The van der Waals surface area contributed by atoms with Crippen molar-refractivity contribution in [2.75, 3.05) is 4.72 Å². The monoisotopic (exact) mass is 565 g/mol. The van der Waals surface area contributed by atoms with Crippen LogP contribution in [0.4, 0.5) is 23.4 Å². The molecular formula is C30H23F4N3O2S. The molecule has 6 rings (SSSR count). The molecule has 2 heterocycles. The Morgan fingerprint density at radius 2 is 1.75 bits per heavy atom. The van der Waals surface area contributed by atoms with Gasteiger partial charge in [-0.3, -0.25) is 4.72 Å². The first-order chi connectivity index (χ1) is 19.0. The summed E-state index contributed by atoms with van der Waals surface area (Å²) in [6.45, 7) is 0. The van der Waals surface area contributed by atoms with E-state index in [4.69, 9.17) is 0 Å². The van der Waals surface area contributed by atoms with Crippen molar-refractivity contribution in [1.29, 1.82) is 0 Å². The number of halogens is 4. The van der Waals surface area contributed by atoms with Crippen LogP contribution in [0.3, 0.4) is 0 Å². The van der Waals surface area contributed by atoms with Gasteiger partial charge in [0.15, 0.2) is 0 Å². The summed E-state index contributed by atoms with van der Waals surface area (Å²) in [4.78, 5) is 3.55. The fourth-order valence-corrected chi connectivity index (χ4v) is 6.53. The van der Waals surface area contributed by atoms with Crippen LogP contribution in [0.5, 0.6) is 0 Å². The lowest BCUT2D eigenvalue weighted by Gasteiger charge is -2.20. The Hall–Kier alpha value is -4.18. The zero-order valence-electron chi connectivity index (χ0n) is 21.2. The summed E-state index contributed by atoms with van der Waals surface area (Å²) in [5.74, 6) is -1.16. The Balaban J connectivity index is 1.40. The van der Waals surface area contributed by atoms with Crippen molar-refractivity contribution in [3.05, 3.63) is 113 Å². The molecule has 3 aromatic carbocycles. The van der Waals surface area contributed by atoms with Gasteiger partial charge in [-0.1, -0.05) is 24.3 Å². The highest BCUT2D eigenvalue weighted by atomic mass is 32.2. The molecule has 1 aliphatic rings. The molecule has 0 fully saturated rings. The largest absolute Gasteiger partial charge is 0.416 e. The molecule has 204 valence electrons. The second-order valence-corrected chi connectivity index (χ2v) is 11.6. The summed E-state index contributed by atoms with van der Waals surface area (Å²) in [6, 6.07) is 19.9. The number of hydrogen-bond acceptors (Lipinski definition) is 3. The van der Waals surface area contributed by atoms with E-state index in [0.29, 0.717) is 24.0 Å². The van der Waals surface area contributed by atoms with Crippen LogP contribution in [0, 0.1) is 5.95 Å². The third-order valence-electron chi connectivity index (χ3n) is 7.41. The minimum atomic E-state index is -4.50. The van der Waals surface area contributed by atoms with E-state index in [-0.39, 0.29) is 16.6 Å². The van der Waals surface area contributed by atoms with E-state index in [0.717, 1.165) is 39.7 Å². The normalized spacial score (nSPS) is 15.4. The zero-order valence-corrected chi connectivity index (χ0v) is 22.0. The van der Waals surface area contributed by atoms with Gasteiger partial charge in [0.05, 0.1) is 10.5 Å². The molecule has 0 aliphatic heterocycles. The van der Waals surface area contributed by atoms with E-state index in [9.17, 15) is 26.0 Å². The van der Waals surface area contributed by atoms with E-state index >= 15 is 0 Å². The summed E-state index contributed by atoms with van der Waals surface area (Å²) >= 11 is 0. The second kappa shape index (κ2) is 9.48. The number of sulfonamides is 1. The van der Waals surface area contributed by atoms with E-state index in [1.807, 2.05) is 42.1 Å². The third kappa shape index (κ3) is 4.72. The van der Waals surface area contributed by atoms with Gasteiger partial charge in [0, 0.05) is 30.1 Å². The van der Waals surface area contributed by atoms with Gasteiger partial charge in [0.25, 0.3) is 10.0 Å². The molecule has 40 heavy (non-hydrogen) atoms. The number of aromatic nitrogens is 2. The number of anilines is 1. The first kappa shape index (κ1) is 26.1. The van der Waals surface area contributed by atoms with Crippen molar-refractivity contribution in [2.24, 2.45) is 7.05 Å². The van der Waals surface area contributed by atoms with Gasteiger partial charge in [-0.2, -0.15) is 17.6 Å². The van der Waals surface area contributed by atoms with Crippen LogP contribution in [0.1, 0.15) is 34.6 Å². The van der Waals surface area contributed by atoms with Gasteiger partial charge in [0.2, 0.25) is 5.95 Å². The van der Waals surface area contributed by atoms with Gasteiger partial charge in [-0.05, 0) is 95.3 Å². The van der Waals surface area contributed by atoms with Crippen LogP contribution in [0.15, 0.2) is 90.0 Å². The number of aryl methyl sites for hydroxylation is 2. The summed E-state index contributed by atoms with van der Waals surface area (Å²) < 4.78 is 84.8. The van der Waals surface area contributed by atoms with Gasteiger partial charge < -0.3 is 4.57 Å². The third-order valence-corrected chi connectivity index (χ3v) is 8.76. The minimum Gasteiger partial charge on any atom is -0.351 e. The lowest BCUT2D eigenvalue weighted by Crippen LogP contribution is -2.14. The highest BCUT2D eigenvalue weighted by Gasteiger charge is 2.33. The van der Waals surface area contributed by atoms with Crippen molar-refractivity contribution < 1.29 is 26.0 Å². The van der Waals surface area contributed by atoms with Crippen molar-refractivity contribution in [1.82, 2.24) is 9.55 Å². The summed E-state index contributed by atoms with van der Waals surface area (Å²) in [5, 5.41) is 0.922. The average Bonchev–Trinajstić information content (AvgIpc) is 3.50.